The van der Waals surface area contributed by atoms with Gasteiger partial charge in [-0.1, -0.05) is 0 Å². The van der Waals surface area contributed by atoms with Gasteiger partial charge >= 0.3 is 5.92 Å². The lowest BCUT2D eigenvalue weighted by Gasteiger charge is -2.15. The lowest BCUT2D eigenvalue weighted by Crippen LogP contribution is -2.45. The quantitative estimate of drug-likeness (QED) is 0.511. The van der Waals surface area contributed by atoms with Gasteiger partial charge in [-0.3, -0.25) is 4.18 Å². The van der Waals surface area contributed by atoms with Gasteiger partial charge in [0.05, 0.1) is 6.26 Å². The molecule has 0 saturated heterocycles. The fourth-order valence-corrected chi connectivity index (χ4v) is 0.602. The minimum atomic E-state index is -4.29. The minimum absolute atomic E-state index is 0.526. The number of hydrogen-bond acceptors (Lipinski definition) is 5. The molecule has 8 heteroatoms. The van der Waals surface area contributed by atoms with Crippen molar-refractivity contribution >= 4 is 16.1 Å². The lowest BCUT2D eigenvalue weighted by molar-refractivity contribution is -0.330. The molecule has 0 atom stereocenters. The van der Waals surface area contributed by atoms with Gasteiger partial charge in [-0.05, 0) is 0 Å². The molecule has 0 aliphatic heterocycles. The average Bonchev–Trinajstić information content (AvgIpc) is 1.82. The summed E-state index contributed by atoms with van der Waals surface area (Å²) in [6.07, 6.45) is 0.526. The van der Waals surface area contributed by atoms with Crippen LogP contribution in [0.4, 0.5) is 8.78 Å². The third-order valence-electron chi connectivity index (χ3n) is 0.753. The maximum Gasteiger partial charge on any atom is 0.311 e. The second-order valence-electron chi connectivity index (χ2n) is 1.96. The summed E-state index contributed by atoms with van der Waals surface area (Å²) in [6.45, 7) is -1.74. The van der Waals surface area contributed by atoms with E-state index < -0.39 is 28.6 Å². The molecule has 0 saturated carbocycles. The Bertz CT molecular complexity index is 269. The van der Waals surface area contributed by atoms with E-state index >= 15 is 0 Å². The van der Waals surface area contributed by atoms with Crippen molar-refractivity contribution in [3.63, 3.8) is 0 Å². The third-order valence-corrected chi connectivity index (χ3v) is 1.30. The van der Waals surface area contributed by atoms with Crippen LogP contribution in [0.25, 0.3) is 0 Å². The number of rotatable bonds is 4. The highest BCUT2D eigenvalue weighted by atomic mass is 32.2. The van der Waals surface area contributed by atoms with E-state index in [1.807, 2.05) is 0 Å². The van der Waals surface area contributed by atoms with Gasteiger partial charge in [-0.2, -0.15) is 17.2 Å². The van der Waals surface area contributed by atoms with Crippen molar-refractivity contribution in [3.8, 4) is 0 Å². The van der Waals surface area contributed by atoms with Crippen LogP contribution < -0.4 is 5.11 Å². The fourth-order valence-electron chi connectivity index (χ4n) is 0.240. The molecule has 72 valence electrons. The number of carbonyl (C=O) groups excluding carboxylic acids is 1. The normalized spacial score (nSPS) is 12.9. The summed E-state index contributed by atoms with van der Waals surface area (Å²) in [5.74, 6) is -6.96. The summed E-state index contributed by atoms with van der Waals surface area (Å²) in [4.78, 5) is 9.60. The molecule has 12 heavy (non-hydrogen) atoms. The molecule has 0 bridgehead atoms. The molecule has 0 aromatic heterocycles. The average molecular weight is 203 g/mol. The molecule has 0 amide bonds. The predicted octanol–water partition coefficient (Wildman–Crippen LogP) is -1.65. The summed E-state index contributed by atoms with van der Waals surface area (Å²) >= 11 is 0. The van der Waals surface area contributed by atoms with Crippen molar-refractivity contribution in [2.24, 2.45) is 0 Å². The van der Waals surface area contributed by atoms with Crippen LogP contribution in [0, 0.1) is 0 Å². The number of hydrogen-bond donors (Lipinski definition) is 0. The van der Waals surface area contributed by atoms with E-state index in [0.29, 0.717) is 6.26 Å². The van der Waals surface area contributed by atoms with Crippen LogP contribution in [-0.2, 0) is 19.1 Å². The second kappa shape index (κ2) is 3.31. The fraction of sp³-hybridized carbons (Fsp3) is 0.750. The SMILES string of the molecule is CS(=O)(=O)OCC(F)(F)C(=O)[O-]. The van der Waals surface area contributed by atoms with Crippen LogP contribution in [0.3, 0.4) is 0 Å². The Morgan fingerprint density at radius 3 is 2.25 bits per heavy atom. The molecular weight excluding hydrogens is 198 g/mol. The molecule has 0 radical (unpaired) electrons. The molecule has 0 rings (SSSR count). The van der Waals surface area contributed by atoms with E-state index in [1.165, 1.54) is 0 Å². The summed E-state index contributed by atoms with van der Waals surface area (Å²) < 4.78 is 47.9. The van der Waals surface area contributed by atoms with Crippen LogP contribution in [0.15, 0.2) is 0 Å². The Morgan fingerprint density at radius 1 is 1.58 bits per heavy atom. The van der Waals surface area contributed by atoms with E-state index in [1.54, 1.807) is 0 Å². The van der Waals surface area contributed by atoms with Gasteiger partial charge in [0.2, 0.25) is 0 Å². The molecule has 0 spiro atoms. The van der Waals surface area contributed by atoms with Crippen molar-refractivity contribution in [2.45, 2.75) is 5.92 Å². The van der Waals surface area contributed by atoms with E-state index in [-0.39, 0.29) is 0 Å². The topological polar surface area (TPSA) is 83.5 Å². The van der Waals surface area contributed by atoms with Crippen LogP contribution in [-0.4, -0.2) is 33.2 Å². The number of halogens is 2. The molecule has 0 aliphatic rings. The largest absolute Gasteiger partial charge is 0.544 e. The first-order chi connectivity index (χ1) is 5.15. The Hall–Kier alpha value is -0.760. The summed E-state index contributed by atoms with van der Waals surface area (Å²) in [5.41, 5.74) is 0. The summed E-state index contributed by atoms with van der Waals surface area (Å²) in [6, 6.07) is 0. The smallest absolute Gasteiger partial charge is 0.311 e. The van der Waals surface area contributed by atoms with E-state index in [0.717, 1.165) is 0 Å². The zero-order valence-electron chi connectivity index (χ0n) is 5.91. The number of carboxylic acids is 1. The van der Waals surface area contributed by atoms with Crippen molar-refractivity contribution in [1.29, 1.82) is 0 Å². The zero-order chi connectivity index (χ0) is 9.99. The number of aliphatic carboxylic acids is 1. The number of carbonyl (C=O) groups is 1. The highest BCUT2D eigenvalue weighted by Crippen LogP contribution is 2.13. The molecule has 0 fully saturated rings. The van der Waals surface area contributed by atoms with Gasteiger partial charge in [0.25, 0.3) is 10.1 Å². The zero-order valence-corrected chi connectivity index (χ0v) is 6.73. The Morgan fingerprint density at radius 2 is 2.00 bits per heavy atom. The van der Waals surface area contributed by atoms with Crippen molar-refractivity contribution < 1.29 is 31.3 Å². The maximum atomic E-state index is 12.0. The second-order valence-corrected chi connectivity index (χ2v) is 3.60. The lowest BCUT2D eigenvalue weighted by atomic mass is 10.4. The van der Waals surface area contributed by atoms with Crippen molar-refractivity contribution in [1.82, 2.24) is 0 Å². The molecule has 0 unspecified atom stereocenters. The highest BCUT2D eigenvalue weighted by Gasteiger charge is 2.32. The summed E-state index contributed by atoms with van der Waals surface area (Å²) in [5, 5.41) is 9.60. The van der Waals surface area contributed by atoms with Gasteiger partial charge in [-0.15, -0.1) is 0 Å². The van der Waals surface area contributed by atoms with Gasteiger partial charge in [0, 0.05) is 0 Å². The first kappa shape index (κ1) is 11.2. The third kappa shape index (κ3) is 4.19. The van der Waals surface area contributed by atoms with Gasteiger partial charge in [-0.25, -0.2) is 0 Å². The molecule has 0 aromatic carbocycles. The molecule has 0 N–H and O–H groups in total. The van der Waals surface area contributed by atoms with Gasteiger partial charge in [0.1, 0.15) is 12.6 Å². The van der Waals surface area contributed by atoms with E-state index in [2.05, 4.69) is 4.18 Å². The van der Waals surface area contributed by atoms with Gasteiger partial charge in [0.15, 0.2) is 0 Å². The van der Waals surface area contributed by atoms with Crippen molar-refractivity contribution in [2.75, 3.05) is 12.9 Å². The Balaban J connectivity index is 4.20. The molecule has 0 heterocycles. The van der Waals surface area contributed by atoms with Crippen LogP contribution in [0.5, 0.6) is 0 Å². The monoisotopic (exact) mass is 203 g/mol. The molecule has 5 nitrogen and oxygen atoms in total. The minimum Gasteiger partial charge on any atom is -0.544 e. The first-order valence-electron chi connectivity index (χ1n) is 2.59. The number of carboxylic acid groups (broad SMARTS) is 1. The molecule has 0 aromatic rings. The molecule has 0 aliphatic carbocycles. The van der Waals surface area contributed by atoms with Crippen molar-refractivity contribution in [3.05, 3.63) is 0 Å². The summed E-state index contributed by atoms with van der Waals surface area (Å²) in [7, 11) is -4.06. The van der Waals surface area contributed by atoms with Crippen LogP contribution in [0.2, 0.25) is 0 Å². The molecular formula is C4H5F2O5S-. The Labute approximate surface area is 67.1 Å². The highest BCUT2D eigenvalue weighted by molar-refractivity contribution is 7.85. The predicted molar refractivity (Wildman–Crippen MR) is 30.7 cm³/mol. The first-order valence-corrected chi connectivity index (χ1v) is 4.40. The van der Waals surface area contributed by atoms with E-state index in [9.17, 15) is 27.1 Å². The maximum absolute atomic E-state index is 12.0. The van der Waals surface area contributed by atoms with Gasteiger partial charge < -0.3 is 9.90 Å². The van der Waals surface area contributed by atoms with Crippen LogP contribution in [0.1, 0.15) is 0 Å². The Kier molecular flexibility index (Phi) is 3.10. The van der Waals surface area contributed by atoms with Crippen LogP contribution >= 0.6 is 0 Å². The number of alkyl halides is 2. The standard InChI is InChI=1S/C4H6F2O5S/c1-12(9,10)11-2-4(5,6)3(7)8/h2H2,1H3,(H,7,8)/p-1. The van der Waals surface area contributed by atoms with E-state index in [4.69, 9.17) is 0 Å².